The van der Waals surface area contributed by atoms with Crippen LogP contribution in [0.2, 0.25) is 0 Å². The maximum absolute atomic E-state index is 11.9. The number of rotatable bonds is 6. The van der Waals surface area contributed by atoms with Crippen molar-refractivity contribution < 1.29 is 14.3 Å². The Hall–Kier alpha value is -1.81. The molecule has 1 atom stereocenters. The zero-order valence-corrected chi connectivity index (χ0v) is 14.8. The molecule has 0 aromatic carbocycles. The number of ether oxygens (including phenoxy) is 1. The average molecular weight is 369 g/mol. The van der Waals surface area contributed by atoms with Gasteiger partial charge in [-0.3, -0.25) is 14.7 Å². The Morgan fingerprint density at radius 1 is 1.28 bits per heavy atom. The lowest BCUT2D eigenvalue weighted by Crippen LogP contribution is -2.44. The van der Waals surface area contributed by atoms with E-state index in [4.69, 9.17) is 4.74 Å². The maximum atomic E-state index is 11.9. The zero-order valence-electron chi connectivity index (χ0n) is 14.0. The van der Waals surface area contributed by atoms with Crippen molar-refractivity contribution in [2.75, 3.05) is 12.4 Å². The van der Waals surface area contributed by atoms with E-state index in [0.29, 0.717) is 18.3 Å². The number of carbonyl (C=O) groups is 2. The van der Waals surface area contributed by atoms with E-state index in [9.17, 15) is 14.4 Å². The van der Waals surface area contributed by atoms with E-state index < -0.39 is 11.9 Å². The lowest BCUT2D eigenvalue weighted by molar-refractivity contribution is -0.117. The summed E-state index contributed by atoms with van der Waals surface area (Å²) in [4.78, 5) is 35.6. The second kappa shape index (κ2) is 8.52. The SMILES string of the molecule is O=C(CSc1n[nH]c(=O)n1C[C@H]1CCCO1)NC(=O)NC1CCCC1. The summed E-state index contributed by atoms with van der Waals surface area (Å²) in [6.45, 7) is 1.12. The van der Waals surface area contributed by atoms with Crippen molar-refractivity contribution in [3.05, 3.63) is 10.5 Å². The standard InChI is InChI=1S/C15H23N5O4S/c21-12(17-13(22)16-10-4-1-2-5-10)9-25-15-19-18-14(23)20(15)8-11-6-3-7-24-11/h10-11H,1-9H2,(H,18,23)(H2,16,17,21,22)/t11-/m1/s1. The van der Waals surface area contributed by atoms with Gasteiger partial charge in [-0.25, -0.2) is 14.7 Å². The first kappa shape index (κ1) is 18.0. The van der Waals surface area contributed by atoms with Crippen LogP contribution in [0.25, 0.3) is 0 Å². The third-order valence-corrected chi connectivity index (χ3v) is 5.39. The van der Waals surface area contributed by atoms with Crippen molar-refractivity contribution >= 4 is 23.7 Å². The second-order valence-corrected chi connectivity index (χ2v) is 7.29. The molecule has 25 heavy (non-hydrogen) atoms. The van der Waals surface area contributed by atoms with Gasteiger partial charge in [0.15, 0.2) is 5.16 Å². The van der Waals surface area contributed by atoms with E-state index in [0.717, 1.165) is 50.3 Å². The third-order valence-electron chi connectivity index (χ3n) is 4.41. The molecule has 138 valence electrons. The molecule has 0 bridgehead atoms. The number of hydrogen-bond donors (Lipinski definition) is 3. The molecule has 1 aromatic heterocycles. The number of amides is 3. The minimum absolute atomic E-state index is 0.000617. The number of thioether (sulfide) groups is 1. The quantitative estimate of drug-likeness (QED) is 0.633. The van der Waals surface area contributed by atoms with Crippen LogP contribution in [0.15, 0.2) is 9.95 Å². The van der Waals surface area contributed by atoms with E-state index in [1.54, 1.807) is 0 Å². The molecule has 1 aromatic rings. The first-order valence-electron chi connectivity index (χ1n) is 8.62. The van der Waals surface area contributed by atoms with Crippen LogP contribution in [0.1, 0.15) is 38.5 Å². The molecular weight excluding hydrogens is 346 g/mol. The molecule has 10 heteroatoms. The smallest absolute Gasteiger partial charge is 0.344 e. The molecule has 3 rings (SSSR count). The summed E-state index contributed by atoms with van der Waals surface area (Å²) in [5.74, 6) is -0.409. The van der Waals surface area contributed by atoms with E-state index >= 15 is 0 Å². The number of carbonyl (C=O) groups excluding carboxylic acids is 2. The Morgan fingerprint density at radius 2 is 2.08 bits per heavy atom. The first-order valence-corrected chi connectivity index (χ1v) is 9.60. The summed E-state index contributed by atoms with van der Waals surface area (Å²) in [7, 11) is 0. The van der Waals surface area contributed by atoms with Crippen molar-refractivity contribution in [2.24, 2.45) is 0 Å². The summed E-state index contributed by atoms with van der Waals surface area (Å²) in [5.41, 5.74) is -0.322. The molecule has 2 fully saturated rings. The van der Waals surface area contributed by atoms with Crippen LogP contribution in [0.5, 0.6) is 0 Å². The Morgan fingerprint density at radius 3 is 2.80 bits per heavy atom. The van der Waals surface area contributed by atoms with E-state index in [1.165, 1.54) is 4.57 Å². The van der Waals surface area contributed by atoms with Crippen LogP contribution in [0, 0.1) is 0 Å². The molecular formula is C15H23N5O4S. The maximum Gasteiger partial charge on any atom is 0.344 e. The fourth-order valence-corrected chi connectivity index (χ4v) is 3.91. The number of imide groups is 1. The highest BCUT2D eigenvalue weighted by Gasteiger charge is 2.21. The van der Waals surface area contributed by atoms with Gasteiger partial charge in [0.05, 0.1) is 18.4 Å². The van der Waals surface area contributed by atoms with E-state index in [-0.39, 0.29) is 23.6 Å². The minimum atomic E-state index is -0.462. The molecule has 9 nitrogen and oxygen atoms in total. The van der Waals surface area contributed by atoms with Gasteiger partial charge in [-0.2, -0.15) is 0 Å². The van der Waals surface area contributed by atoms with E-state index in [1.807, 2.05) is 0 Å². The Labute approximate surface area is 149 Å². The summed E-state index contributed by atoms with van der Waals surface area (Å²) >= 11 is 1.12. The number of aromatic amines is 1. The highest BCUT2D eigenvalue weighted by Crippen LogP contribution is 2.18. The molecule has 2 aliphatic rings. The van der Waals surface area contributed by atoms with Crippen LogP contribution in [-0.2, 0) is 16.1 Å². The van der Waals surface area contributed by atoms with Gasteiger partial charge < -0.3 is 10.1 Å². The van der Waals surface area contributed by atoms with Crippen LogP contribution in [-0.4, -0.2) is 51.2 Å². The molecule has 1 saturated heterocycles. The summed E-state index contributed by atoms with van der Waals surface area (Å²) in [6.07, 6.45) is 6.02. The Balaban J connectivity index is 1.46. The number of hydrogen-bond acceptors (Lipinski definition) is 6. The van der Waals surface area contributed by atoms with Crippen molar-refractivity contribution in [1.29, 1.82) is 0 Å². The lowest BCUT2D eigenvalue weighted by atomic mass is 10.2. The molecule has 1 aliphatic carbocycles. The molecule has 0 spiro atoms. The number of nitrogens with zero attached hydrogens (tertiary/aromatic N) is 2. The Kier molecular flexibility index (Phi) is 6.14. The van der Waals surface area contributed by atoms with Crippen LogP contribution < -0.4 is 16.3 Å². The van der Waals surface area contributed by atoms with Crippen molar-refractivity contribution in [3.63, 3.8) is 0 Å². The normalized spacial score (nSPS) is 20.7. The molecule has 2 heterocycles. The predicted octanol–water partition coefficient (Wildman–Crippen LogP) is 0.611. The largest absolute Gasteiger partial charge is 0.376 e. The van der Waals surface area contributed by atoms with Gasteiger partial charge in [0.25, 0.3) is 0 Å². The van der Waals surface area contributed by atoms with Crippen molar-refractivity contribution in [3.8, 4) is 0 Å². The third kappa shape index (κ3) is 5.08. The molecule has 1 aliphatic heterocycles. The number of urea groups is 1. The van der Waals surface area contributed by atoms with Crippen LogP contribution in [0.3, 0.4) is 0 Å². The lowest BCUT2D eigenvalue weighted by Gasteiger charge is -2.12. The molecule has 3 N–H and O–H groups in total. The molecule has 3 amide bonds. The van der Waals surface area contributed by atoms with Gasteiger partial charge >= 0.3 is 11.7 Å². The van der Waals surface area contributed by atoms with E-state index in [2.05, 4.69) is 20.8 Å². The Bertz CT molecular complexity index is 661. The number of H-pyrrole nitrogens is 1. The second-order valence-electron chi connectivity index (χ2n) is 6.35. The summed E-state index contributed by atoms with van der Waals surface area (Å²) < 4.78 is 7.01. The average Bonchev–Trinajstić information content (AvgIpc) is 3.31. The van der Waals surface area contributed by atoms with Gasteiger partial charge in [0.1, 0.15) is 0 Å². The van der Waals surface area contributed by atoms with Crippen LogP contribution >= 0.6 is 11.8 Å². The molecule has 0 radical (unpaired) electrons. The predicted molar refractivity (Wildman–Crippen MR) is 91.5 cm³/mol. The first-order chi connectivity index (χ1) is 12.1. The van der Waals surface area contributed by atoms with Crippen molar-refractivity contribution in [2.45, 2.75) is 62.4 Å². The summed E-state index contributed by atoms with van der Waals surface area (Å²) in [6, 6.07) is -0.306. The molecule has 0 unspecified atom stereocenters. The van der Waals surface area contributed by atoms with Crippen LogP contribution in [0.4, 0.5) is 4.79 Å². The molecule has 1 saturated carbocycles. The summed E-state index contributed by atoms with van der Waals surface area (Å²) in [5, 5.41) is 11.9. The van der Waals surface area contributed by atoms with Gasteiger partial charge in [0.2, 0.25) is 5.91 Å². The zero-order chi connectivity index (χ0) is 17.6. The topological polar surface area (TPSA) is 118 Å². The minimum Gasteiger partial charge on any atom is -0.376 e. The monoisotopic (exact) mass is 369 g/mol. The fourth-order valence-electron chi connectivity index (χ4n) is 3.15. The number of nitrogens with one attached hydrogen (secondary N) is 3. The van der Waals surface area contributed by atoms with Gasteiger partial charge in [-0.1, -0.05) is 24.6 Å². The highest BCUT2D eigenvalue weighted by atomic mass is 32.2. The number of aromatic nitrogens is 3. The fraction of sp³-hybridized carbons (Fsp3) is 0.733. The van der Waals surface area contributed by atoms with Crippen molar-refractivity contribution in [1.82, 2.24) is 25.4 Å². The van der Waals surface area contributed by atoms with Gasteiger partial charge in [-0.15, -0.1) is 5.10 Å². The van der Waals surface area contributed by atoms with Gasteiger partial charge in [0, 0.05) is 12.6 Å². The van der Waals surface area contributed by atoms with Gasteiger partial charge in [-0.05, 0) is 25.7 Å². The highest BCUT2D eigenvalue weighted by molar-refractivity contribution is 7.99.